The van der Waals surface area contributed by atoms with Gasteiger partial charge in [0.05, 0.1) is 12.1 Å². The Bertz CT molecular complexity index is 387. The van der Waals surface area contributed by atoms with E-state index in [2.05, 4.69) is 11.9 Å². The number of nitrogens with two attached hydrogens (primary N) is 1. The Labute approximate surface area is 106 Å². The quantitative estimate of drug-likeness (QED) is 0.844. The van der Waals surface area contributed by atoms with Crippen LogP contribution in [0.3, 0.4) is 0 Å². The summed E-state index contributed by atoms with van der Waals surface area (Å²) >= 11 is 1.40. The SMILES string of the molecule is CCCCN(C(=O)Cc1csc(N)n1)C1CC1. The van der Waals surface area contributed by atoms with Gasteiger partial charge in [0.2, 0.25) is 5.91 Å². The molecule has 0 aromatic carbocycles. The molecule has 0 radical (unpaired) electrons. The van der Waals surface area contributed by atoms with Crippen LogP contribution in [0.1, 0.15) is 38.3 Å². The van der Waals surface area contributed by atoms with E-state index in [1.807, 2.05) is 10.3 Å². The van der Waals surface area contributed by atoms with E-state index >= 15 is 0 Å². The van der Waals surface area contributed by atoms with Gasteiger partial charge in [0.15, 0.2) is 5.13 Å². The molecule has 1 fully saturated rings. The van der Waals surface area contributed by atoms with E-state index in [-0.39, 0.29) is 5.91 Å². The number of carbonyl (C=O) groups is 1. The highest BCUT2D eigenvalue weighted by Gasteiger charge is 2.31. The van der Waals surface area contributed by atoms with E-state index < -0.39 is 0 Å². The van der Waals surface area contributed by atoms with Crippen LogP contribution in [0.2, 0.25) is 0 Å². The average Bonchev–Trinajstić information content (AvgIpc) is 3.04. The standard InChI is InChI=1S/C12H19N3OS/c1-2-3-6-15(10-4-5-10)11(16)7-9-8-17-12(13)14-9/h8,10H,2-7H2,1H3,(H2,13,14). The molecule has 2 N–H and O–H groups in total. The van der Waals surface area contributed by atoms with Gasteiger partial charge < -0.3 is 10.6 Å². The van der Waals surface area contributed by atoms with Crippen molar-refractivity contribution in [3.8, 4) is 0 Å². The number of aromatic nitrogens is 1. The minimum atomic E-state index is 0.200. The third-order valence-corrected chi connectivity index (χ3v) is 3.69. The normalized spacial score (nSPS) is 14.9. The molecule has 1 aliphatic rings. The number of nitrogen functional groups attached to an aromatic ring is 1. The van der Waals surface area contributed by atoms with Crippen LogP contribution in [-0.4, -0.2) is 28.4 Å². The van der Waals surface area contributed by atoms with Crippen LogP contribution in [0.15, 0.2) is 5.38 Å². The molecule has 5 heteroatoms. The zero-order valence-corrected chi connectivity index (χ0v) is 11.0. The van der Waals surface area contributed by atoms with Crippen molar-refractivity contribution in [2.24, 2.45) is 0 Å². The number of amides is 1. The number of unbranched alkanes of at least 4 members (excludes halogenated alkanes) is 1. The van der Waals surface area contributed by atoms with Crippen molar-refractivity contribution in [3.05, 3.63) is 11.1 Å². The lowest BCUT2D eigenvalue weighted by Gasteiger charge is -2.21. The van der Waals surface area contributed by atoms with E-state index in [0.717, 1.165) is 37.9 Å². The maximum Gasteiger partial charge on any atom is 0.228 e. The van der Waals surface area contributed by atoms with Gasteiger partial charge in [-0.3, -0.25) is 4.79 Å². The first-order chi connectivity index (χ1) is 8.20. The van der Waals surface area contributed by atoms with E-state index in [9.17, 15) is 4.79 Å². The molecule has 1 heterocycles. The van der Waals surface area contributed by atoms with E-state index in [4.69, 9.17) is 5.73 Å². The predicted octanol–water partition coefficient (Wildman–Crippen LogP) is 2.06. The van der Waals surface area contributed by atoms with E-state index in [1.54, 1.807) is 0 Å². The molecule has 94 valence electrons. The molecule has 0 unspecified atom stereocenters. The topological polar surface area (TPSA) is 59.2 Å². The summed E-state index contributed by atoms with van der Waals surface area (Å²) in [4.78, 5) is 18.3. The van der Waals surface area contributed by atoms with Crippen LogP contribution in [0.5, 0.6) is 0 Å². The summed E-state index contributed by atoms with van der Waals surface area (Å²) in [5.74, 6) is 0.200. The second-order valence-electron chi connectivity index (χ2n) is 4.53. The van der Waals surface area contributed by atoms with Crippen LogP contribution in [0.25, 0.3) is 0 Å². The first-order valence-electron chi connectivity index (χ1n) is 6.20. The Morgan fingerprint density at radius 1 is 1.65 bits per heavy atom. The highest BCUT2D eigenvalue weighted by molar-refractivity contribution is 7.13. The number of hydrogen-bond acceptors (Lipinski definition) is 4. The van der Waals surface area contributed by atoms with Crippen molar-refractivity contribution in [2.75, 3.05) is 12.3 Å². The smallest absolute Gasteiger partial charge is 0.228 e. The second kappa shape index (κ2) is 5.49. The zero-order chi connectivity index (χ0) is 12.3. The summed E-state index contributed by atoms with van der Waals surface area (Å²) < 4.78 is 0. The van der Waals surface area contributed by atoms with Crippen molar-refractivity contribution in [3.63, 3.8) is 0 Å². The van der Waals surface area contributed by atoms with Gasteiger partial charge >= 0.3 is 0 Å². The monoisotopic (exact) mass is 253 g/mol. The molecule has 0 aliphatic heterocycles. The molecule has 1 saturated carbocycles. The molecule has 1 aromatic heterocycles. The van der Waals surface area contributed by atoms with Crippen LogP contribution in [0, 0.1) is 0 Å². The van der Waals surface area contributed by atoms with E-state index in [1.165, 1.54) is 11.3 Å². The number of carbonyl (C=O) groups excluding carboxylic acids is 1. The van der Waals surface area contributed by atoms with Crippen LogP contribution >= 0.6 is 11.3 Å². The summed E-state index contributed by atoms with van der Waals surface area (Å²) in [5, 5.41) is 2.41. The van der Waals surface area contributed by atoms with Gasteiger partial charge in [-0.05, 0) is 19.3 Å². The zero-order valence-electron chi connectivity index (χ0n) is 10.2. The summed E-state index contributed by atoms with van der Waals surface area (Å²) in [6.07, 6.45) is 4.93. The lowest BCUT2D eigenvalue weighted by Crippen LogP contribution is -2.35. The van der Waals surface area contributed by atoms with Crippen LogP contribution in [0.4, 0.5) is 5.13 Å². The van der Waals surface area contributed by atoms with Crippen molar-refractivity contribution in [1.82, 2.24) is 9.88 Å². The Kier molecular flexibility index (Phi) is 3.99. The Balaban J connectivity index is 1.91. The highest BCUT2D eigenvalue weighted by atomic mass is 32.1. The first kappa shape index (κ1) is 12.4. The van der Waals surface area contributed by atoms with Gasteiger partial charge in [0.25, 0.3) is 0 Å². The van der Waals surface area contributed by atoms with Gasteiger partial charge in [0, 0.05) is 18.0 Å². The fourth-order valence-corrected chi connectivity index (χ4v) is 2.45. The third-order valence-electron chi connectivity index (χ3n) is 2.96. The molecule has 17 heavy (non-hydrogen) atoms. The Morgan fingerprint density at radius 3 is 2.94 bits per heavy atom. The molecule has 1 aliphatic carbocycles. The third kappa shape index (κ3) is 3.43. The van der Waals surface area contributed by atoms with Crippen molar-refractivity contribution < 1.29 is 4.79 Å². The Morgan fingerprint density at radius 2 is 2.41 bits per heavy atom. The molecule has 4 nitrogen and oxygen atoms in total. The lowest BCUT2D eigenvalue weighted by molar-refractivity contribution is -0.131. The predicted molar refractivity (Wildman–Crippen MR) is 69.9 cm³/mol. The summed E-state index contributed by atoms with van der Waals surface area (Å²) in [7, 11) is 0. The second-order valence-corrected chi connectivity index (χ2v) is 5.42. The number of hydrogen-bond donors (Lipinski definition) is 1. The van der Waals surface area contributed by atoms with Gasteiger partial charge in [-0.15, -0.1) is 11.3 Å². The minimum absolute atomic E-state index is 0.200. The Hall–Kier alpha value is -1.10. The molecule has 0 bridgehead atoms. The minimum Gasteiger partial charge on any atom is -0.375 e. The lowest BCUT2D eigenvalue weighted by atomic mass is 10.2. The number of rotatable bonds is 6. The molecular formula is C12H19N3OS. The maximum atomic E-state index is 12.2. The van der Waals surface area contributed by atoms with Crippen LogP contribution in [-0.2, 0) is 11.2 Å². The summed E-state index contributed by atoms with van der Waals surface area (Å²) in [6.45, 7) is 3.04. The number of anilines is 1. The van der Waals surface area contributed by atoms with Gasteiger partial charge in [-0.25, -0.2) is 4.98 Å². The van der Waals surface area contributed by atoms with Gasteiger partial charge in [-0.1, -0.05) is 13.3 Å². The summed E-state index contributed by atoms with van der Waals surface area (Å²) in [5.41, 5.74) is 6.37. The molecule has 0 saturated heterocycles. The van der Waals surface area contributed by atoms with Gasteiger partial charge in [0.1, 0.15) is 0 Å². The maximum absolute atomic E-state index is 12.2. The molecule has 2 rings (SSSR count). The number of nitrogens with zero attached hydrogens (tertiary/aromatic N) is 2. The van der Waals surface area contributed by atoms with Crippen molar-refractivity contribution in [1.29, 1.82) is 0 Å². The van der Waals surface area contributed by atoms with Crippen molar-refractivity contribution >= 4 is 22.4 Å². The molecule has 0 atom stereocenters. The molecule has 1 amide bonds. The van der Waals surface area contributed by atoms with Crippen LogP contribution < -0.4 is 5.73 Å². The largest absolute Gasteiger partial charge is 0.375 e. The average molecular weight is 253 g/mol. The molecule has 1 aromatic rings. The highest BCUT2D eigenvalue weighted by Crippen LogP contribution is 2.28. The fraction of sp³-hybridized carbons (Fsp3) is 0.667. The van der Waals surface area contributed by atoms with E-state index in [0.29, 0.717) is 17.6 Å². The van der Waals surface area contributed by atoms with Crippen molar-refractivity contribution in [2.45, 2.75) is 45.1 Å². The fourth-order valence-electron chi connectivity index (χ4n) is 1.89. The molecular weight excluding hydrogens is 234 g/mol. The van der Waals surface area contributed by atoms with Gasteiger partial charge in [-0.2, -0.15) is 0 Å². The molecule has 0 spiro atoms. The number of thiazole rings is 1. The first-order valence-corrected chi connectivity index (χ1v) is 7.08. The summed E-state index contributed by atoms with van der Waals surface area (Å²) in [6, 6.07) is 0.491.